The summed E-state index contributed by atoms with van der Waals surface area (Å²) in [5.74, 6) is 0.286. The number of carbonyl (C=O) groups excluding carboxylic acids is 2. The molecule has 0 aromatic heterocycles. The van der Waals surface area contributed by atoms with Crippen LogP contribution in [0.25, 0.3) is 0 Å². The van der Waals surface area contributed by atoms with Crippen molar-refractivity contribution in [3.8, 4) is 0 Å². The average Bonchev–Trinajstić information content (AvgIpc) is 2.67. The molecule has 1 heterocycles. The standard InChI is InChI=1S/C25H40N2O4S/c1-18(2)27(19(3)4)24(29)22-10-8-9-21(15-22)16-23(28)26-13-11-20(12-14-26)17-32(30,31)25(5,6)7/h8-10,15,18-20H,11-14,16-17H2,1-7H3. The lowest BCUT2D eigenvalue weighted by atomic mass is 9.98. The summed E-state index contributed by atoms with van der Waals surface area (Å²) < 4.78 is 24.2. The van der Waals surface area contributed by atoms with E-state index >= 15 is 0 Å². The first-order chi connectivity index (χ1) is 14.7. The summed E-state index contributed by atoms with van der Waals surface area (Å²) >= 11 is 0. The van der Waals surface area contributed by atoms with Crippen LogP contribution < -0.4 is 0 Å². The summed E-state index contributed by atoms with van der Waals surface area (Å²) in [4.78, 5) is 29.5. The highest BCUT2D eigenvalue weighted by Crippen LogP contribution is 2.25. The second kappa shape index (κ2) is 10.4. The van der Waals surface area contributed by atoms with Crippen LogP contribution in [-0.4, -0.2) is 65.7 Å². The van der Waals surface area contributed by atoms with Gasteiger partial charge in [0.1, 0.15) is 0 Å². The van der Waals surface area contributed by atoms with E-state index in [-0.39, 0.29) is 42.0 Å². The molecule has 1 aromatic carbocycles. The highest BCUT2D eigenvalue weighted by Gasteiger charge is 2.33. The maximum Gasteiger partial charge on any atom is 0.254 e. The SMILES string of the molecule is CC(C)N(C(=O)c1cccc(CC(=O)N2CCC(CS(=O)(=O)C(C)(C)C)CC2)c1)C(C)C. The van der Waals surface area contributed by atoms with Crippen LogP contribution in [0.15, 0.2) is 24.3 Å². The Kier molecular flexibility index (Phi) is 8.54. The summed E-state index contributed by atoms with van der Waals surface area (Å²) in [5.41, 5.74) is 1.43. The van der Waals surface area contributed by atoms with Gasteiger partial charge in [-0.1, -0.05) is 12.1 Å². The van der Waals surface area contributed by atoms with E-state index in [0.29, 0.717) is 31.5 Å². The van der Waals surface area contributed by atoms with Gasteiger partial charge in [-0.2, -0.15) is 0 Å². The zero-order chi connectivity index (χ0) is 24.3. The van der Waals surface area contributed by atoms with Crippen LogP contribution in [0.4, 0.5) is 0 Å². The third kappa shape index (κ3) is 6.56. The van der Waals surface area contributed by atoms with E-state index in [1.54, 1.807) is 26.8 Å². The number of amides is 2. The fourth-order valence-electron chi connectivity index (χ4n) is 4.22. The molecule has 0 saturated carbocycles. The first-order valence-electron chi connectivity index (χ1n) is 11.6. The van der Waals surface area contributed by atoms with Crippen LogP contribution in [0.5, 0.6) is 0 Å². The van der Waals surface area contributed by atoms with Gasteiger partial charge in [0.25, 0.3) is 5.91 Å². The van der Waals surface area contributed by atoms with Gasteiger partial charge in [-0.25, -0.2) is 8.42 Å². The maximum atomic E-state index is 13.0. The van der Waals surface area contributed by atoms with Gasteiger partial charge in [0.2, 0.25) is 5.91 Å². The second-order valence-corrected chi connectivity index (χ2v) is 13.3. The van der Waals surface area contributed by atoms with Crippen molar-refractivity contribution in [2.45, 2.75) is 84.6 Å². The molecular weight excluding hydrogens is 424 g/mol. The third-order valence-corrected chi connectivity index (χ3v) is 9.01. The molecule has 0 unspecified atom stereocenters. The molecule has 0 spiro atoms. The van der Waals surface area contributed by atoms with Crippen molar-refractivity contribution in [1.82, 2.24) is 9.80 Å². The zero-order valence-electron chi connectivity index (χ0n) is 20.7. The number of likely N-dealkylation sites (tertiary alicyclic amines) is 1. The fourth-order valence-corrected chi connectivity index (χ4v) is 5.68. The topological polar surface area (TPSA) is 74.8 Å². The van der Waals surface area contributed by atoms with Crippen molar-refractivity contribution >= 4 is 21.7 Å². The van der Waals surface area contributed by atoms with Gasteiger partial charge in [-0.05, 0) is 84.9 Å². The number of hydrogen-bond donors (Lipinski definition) is 0. The molecule has 0 atom stereocenters. The van der Waals surface area contributed by atoms with Crippen molar-refractivity contribution in [3.63, 3.8) is 0 Å². The minimum Gasteiger partial charge on any atom is -0.342 e. The second-order valence-electron chi connectivity index (χ2n) is 10.5. The zero-order valence-corrected chi connectivity index (χ0v) is 21.5. The van der Waals surface area contributed by atoms with Crippen LogP contribution >= 0.6 is 0 Å². The molecule has 0 bridgehead atoms. The third-order valence-electron chi connectivity index (χ3n) is 6.23. The maximum absolute atomic E-state index is 13.0. The Morgan fingerprint density at radius 1 is 1.06 bits per heavy atom. The van der Waals surface area contributed by atoms with Crippen molar-refractivity contribution in [3.05, 3.63) is 35.4 Å². The van der Waals surface area contributed by atoms with E-state index in [4.69, 9.17) is 0 Å². The summed E-state index contributed by atoms with van der Waals surface area (Å²) in [6, 6.07) is 7.52. The number of piperidine rings is 1. The molecule has 0 N–H and O–H groups in total. The van der Waals surface area contributed by atoms with Crippen molar-refractivity contribution in [1.29, 1.82) is 0 Å². The molecule has 6 nitrogen and oxygen atoms in total. The lowest BCUT2D eigenvalue weighted by Crippen LogP contribution is -2.42. The molecule has 0 aliphatic carbocycles. The Bertz CT molecular complexity index is 900. The molecule has 7 heteroatoms. The van der Waals surface area contributed by atoms with Gasteiger partial charge in [-0.3, -0.25) is 9.59 Å². The van der Waals surface area contributed by atoms with Gasteiger partial charge in [0.15, 0.2) is 9.84 Å². The van der Waals surface area contributed by atoms with Gasteiger partial charge < -0.3 is 9.80 Å². The molecule has 2 amide bonds. The summed E-state index contributed by atoms with van der Waals surface area (Å²) in [5, 5.41) is 0. The molecule has 1 aliphatic heterocycles. The van der Waals surface area contributed by atoms with E-state index in [9.17, 15) is 18.0 Å². The molecule has 180 valence electrons. The van der Waals surface area contributed by atoms with Crippen LogP contribution in [0.1, 0.15) is 77.2 Å². The lowest BCUT2D eigenvalue weighted by Gasteiger charge is -2.33. The quantitative estimate of drug-likeness (QED) is 0.613. The molecule has 1 saturated heterocycles. The molecule has 32 heavy (non-hydrogen) atoms. The molecule has 1 aliphatic rings. The largest absolute Gasteiger partial charge is 0.342 e. The number of benzene rings is 1. The molecular formula is C25H40N2O4S. The fraction of sp³-hybridized carbons (Fsp3) is 0.680. The van der Waals surface area contributed by atoms with E-state index in [2.05, 4.69) is 0 Å². The number of nitrogens with zero attached hydrogens (tertiary/aromatic N) is 2. The predicted octanol–water partition coefficient (Wildman–Crippen LogP) is 3.94. The van der Waals surface area contributed by atoms with E-state index in [1.165, 1.54) is 0 Å². The van der Waals surface area contributed by atoms with Crippen LogP contribution in [0, 0.1) is 5.92 Å². The average molecular weight is 465 g/mol. The number of sulfone groups is 1. The van der Waals surface area contributed by atoms with Crippen molar-refractivity contribution in [2.24, 2.45) is 5.92 Å². The van der Waals surface area contributed by atoms with Gasteiger partial charge >= 0.3 is 0 Å². The minimum atomic E-state index is -3.16. The number of rotatable bonds is 7. The Labute approximate surface area is 194 Å². The summed E-state index contributed by atoms with van der Waals surface area (Å²) in [6.45, 7) is 14.4. The Morgan fingerprint density at radius 3 is 2.12 bits per heavy atom. The van der Waals surface area contributed by atoms with Gasteiger partial charge in [-0.15, -0.1) is 0 Å². The Balaban J connectivity index is 1.98. The van der Waals surface area contributed by atoms with Gasteiger partial charge in [0, 0.05) is 30.7 Å². The van der Waals surface area contributed by atoms with E-state index < -0.39 is 14.6 Å². The smallest absolute Gasteiger partial charge is 0.254 e. The first kappa shape index (κ1) is 26.4. The highest BCUT2D eigenvalue weighted by atomic mass is 32.2. The van der Waals surface area contributed by atoms with Crippen molar-refractivity contribution < 1.29 is 18.0 Å². The molecule has 1 fully saturated rings. The van der Waals surface area contributed by atoms with Crippen LogP contribution in [0.2, 0.25) is 0 Å². The minimum absolute atomic E-state index is 0.0230. The Hall–Kier alpha value is -1.89. The molecule has 0 radical (unpaired) electrons. The summed E-state index contributed by atoms with van der Waals surface area (Å²) in [6.07, 6.45) is 1.66. The van der Waals surface area contributed by atoms with Crippen LogP contribution in [-0.2, 0) is 21.1 Å². The predicted molar refractivity (Wildman–Crippen MR) is 129 cm³/mol. The summed E-state index contributed by atoms with van der Waals surface area (Å²) in [7, 11) is -3.16. The normalized spacial score (nSPS) is 16.0. The molecule has 1 aromatic rings. The van der Waals surface area contributed by atoms with Gasteiger partial charge in [0.05, 0.1) is 16.9 Å². The van der Waals surface area contributed by atoms with Crippen LogP contribution in [0.3, 0.4) is 0 Å². The van der Waals surface area contributed by atoms with E-state index in [0.717, 1.165) is 5.56 Å². The lowest BCUT2D eigenvalue weighted by molar-refractivity contribution is -0.131. The van der Waals surface area contributed by atoms with Crippen molar-refractivity contribution in [2.75, 3.05) is 18.8 Å². The molecule has 2 rings (SSSR count). The number of hydrogen-bond acceptors (Lipinski definition) is 4. The number of carbonyl (C=O) groups is 2. The monoisotopic (exact) mass is 464 g/mol. The first-order valence-corrected chi connectivity index (χ1v) is 13.3. The Morgan fingerprint density at radius 2 is 1.62 bits per heavy atom. The highest BCUT2D eigenvalue weighted by molar-refractivity contribution is 7.92. The van der Waals surface area contributed by atoms with E-state index in [1.807, 2.05) is 55.7 Å².